The van der Waals surface area contributed by atoms with E-state index in [9.17, 15) is 9.59 Å². The molecule has 0 unspecified atom stereocenters. The number of esters is 1. The first kappa shape index (κ1) is 27.4. The van der Waals surface area contributed by atoms with Crippen LogP contribution in [0.5, 0.6) is 0 Å². The zero-order valence-electron chi connectivity index (χ0n) is 20.8. The maximum Gasteiger partial charge on any atom is 0.331 e. The van der Waals surface area contributed by atoms with Gasteiger partial charge in [0.15, 0.2) is 23.2 Å². The number of nitrogens with one attached hydrogen (secondary N) is 1. The highest BCUT2D eigenvalue weighted by molar-refractivity contribution is 8.01. The van der Waals surface area contributed by atoms with E-state index in [2.05, 4.69) is 17.4 Å². The minimum absolute atomic E-state index is 0. The number of hydrogen-bond donors (Lipinski definition) is 1. The van der Waals surface area contributed by atoms with Gasteiger partial charge in [0.25, 0.3) is 5.91 Å². The number of carbonyl (C=O) groups excluding carboxylic acids is 2. The maximum atomic E-state index is 14.2. The van der Waals surface area contributed by atoms with Gasteiger partial charge < -0.3 is 36.0 Å². The van der Waals surface area contributed by atoms with Crippen LogP contribution in [0.4, 0.5) is 5.82 Å². The molecule has 1 atom stereocenters. The van der Waals surface area contributed by atoms with Crippen LogP contribution in [0.2, 0.25) is 0 Å². The molecule has 0 spiro atoms. The maximum absolute atomic E-state index is 14.2. The van der Waals surface area contributed by atoms with E-state index in [1.807, 2.05) is 60.7 Å². The third-order valence-electron chi connectivity index (χ3n) is 7.49. The Labute approximate surface area is 232 Å². The van der Waals surface area contributed by atoms with Gasteiger partial charge in [-0.05, 0) is 16.9 Å². The van der Waals surface area contributed by atoms with Crippen LogP contribution >= 0.6 is 11.8 Å². The Kier molecular flexibility index (Phi) is 8.77. The molecule has 0 saturated carbocycles. The van der Waals surface area contributed by atoms with E-state index in [0.29, 0.717) is 29.3 Å². The molecular formula is C28H32BrN3O4S. The number of fused-ring (bicyclic) bond motifs is 3. The van der Waals surface area contributed by atoms with Gasteiger partial charge in [-0.25, -0.2) is 4.79 Å². The number of aromatic nitrogens is 1. The predicted molar refractivity (Wildman–Crippen MR) is 139 cm³/mol. The number of benzene rings is 2. The van der Waals surface area contributed by atoms with Gasteiger partial charge in [-0.2, -0.15) is 0 Å². The second kappa shape index (κ2) is 11.8. The third kappa shape index (κ3) is 5.63. The standard InChI is InChI=1S/C28H31N3O4S.BrH/c1-2-36-28(22-9-5-3-6-10-22,23-11-7-4-8-12-23)27(33)35-24-19-31(16-13-21(24)14-17-31)20-26(32)29-25-15-18-34-30-25;/h3-12,15,18,21,24H,2,13-14,16-17,19-20H2,1H3;1H/t21?,24-,31?;/m0./s1. The van der Waals surface area contributed by atoms with Crippen molar-refractivity contribution in [2.45, 2.75) is 30.6 Å². The molecule has 1 amide bonds. The van der Waals surface area contributed by atoms with Crippen molar-refractivity contribution < 1.29 is 40.3 Å². The molecule has 1 aromatic heterocycles. The number of rotatable bonds is 9. The highest BCUT2D eigenvalue weighted by atomic mass is 79.9. The summed E-state index contributed by atoms with van der Waals surface area (Å²) in [6.07, 6.45) is 3.10. The smallest absolute Gasteiger partial charge is 0.331 e. The van der Waals surface area contributed by atoms with Gasteiger partial charge in [-0.1, -0.05) is 72.7 Å². The number of amides is 1. The summed E-state index contributed by atoms with van der Waals surface area (Å²) >= 11 is 1.60. The average molecular weight is 587 g/mol. The quantitative estimate of drug-likeness (QED) is 0.302. The number of nitrogens with zero attached hydrogens (tertiary/aromatic N) is 2. The first-order valence-electron chi connectivity index (χ1n) is 12.6. The molecule has 3 saturated heterocycles. The molecule has 0 radical (unpaired) electrons. The van der Waals surface area contributed by atoms with Gasteiger partial charge >= 0.3 is 5.97 Å². The molecule has 7 nitrogen and oxygen atoms in total. The minimum atomic E-state index is -0.946. The Balaban J connectivity index is 0.00000320. The second-order valence-electron chi connectivity index (χ2n) is 9.69. The Morgan fingerprint density at radius 3 is 2.22 bits per heavy atom. The van der Waals surface area contributed by atoms with E-state index in [1.54, 1.807) is 17.8 Å². The van der Waals surface area contributed by atoms with Crippen molar-refractivity contribution in [1.29, 1.82) is 0 Å². The molecule has 3 aliphatic heterocycles. The van der Waals surface area contributed by atoms with Gasteiger partial charge in [0.2, 0.25) is 0 Å². The Morgan fingerprint density at radius 2 is 1.68 bits per heavy atom. The van der Waals surface area contributed by atoms with E-state index in [4.69, 9.17) is 9.26 Å². The van der Waals surface area contributed by atoms with Crippen molar-refractivity contribution in [2.24, 2.45) is 5.92 Å². The highest BCUT2D eigenvalue weighted by Gasteiger charge is 2.51. The molecule has 1 N–H and O–H groups in total. The van der Waals surface area contributed by atoms with Gasteiger partial charge in [0, 0.05) is 24.8 Å². The number of piperidine rings is 3. The Morgan fingerprint density at radius 1 is 1.05 bits per heavy atom. The molecule has 37 heavy (non-hydrogen) atoms. The molecule has 196 valence electrons. The number of carbonyl (C=O) groups is 2. The number of anilines is 1. The average Bonchev–Trinajstić information content (AvgIpc) is 3.41. The highest BCUT2D eigenvalue weighted by Crippen LogP contribution is 2.45. The lowest BCUT2D eigenvalue weighted by atomic mass is 9.82. The Bertz CT molecular complexity index is 1130. The fraction of sp³-hybridized carbons (Fsp3) is 0.393. The molecular weight excluding hydrogens is 554 g/mol. The first-order chi connectivity index (χ1) is 17.5. The number of halogens is 1. The van der Waals surface area contributed by atoms with Crippen LogP contribution in [-0.4, -0.2) is 59.6 Å². The third-order valence-corrected chi connectivity index (χ3v) is 8.85. The summed E-state index contributed by atoms with van der Waals surface area (Å²) in [7, 11) is 0. The van der Waals surface area contributed by atoms with E-state index in [-0.39, 0.29) is 35.0 Å². The van der Waals surface area contributed by atoms with Crippen LogP contribution in [0.15, 0.2) is 77.5 Å². The molecule has 2 bridgehead atoms. The number of thioether (sulfide) groups is 1. The zero-order valence-corrected chi connectivity index (χ0v) is 23.2. The fourth-order valence-electron chi connectivity index (χ4n) is 5.75. The number of ether oxygens (including phenoxy) is 1. The SMILES string of the molecule is CCSC(C(=O)O[C@H]1C[N+]2(CC(=O)Nc3ccon3)CCC1CC2)(c1ccccc1)c1ccccc1.[Br-]. The number of hydrogen-bond acceptors (Lipinski definition) is 6. The summed E-state index contributed by atoms with van der Waals surface area (Å²) in [5.74, 6) is 1.17. The molecule has 6 rings (SSSR count). The minimum Gasteiger partial charge on any atom is -1.00 e. The number of quaternary nitrogens is 1. The van der Waals surface area contributed by atoms with Crippen LogP contribution < -0.4 is 22.3 Å². The van der Waals surface area contributed by atoms with Crippen molar-refractivity contribution >= 4 is 29.5 Å². The lowest BCUT2D eigenvalue weighted by molar-refractivity contribution is -0.938. The Hall–Kier alpha value is -2.62. The monoisotopic (exact) mass is 585 g/mol. The summed E-state index contributed by atoms with van der Waals surface area (Å²) in [5.41, 5.74) is 1.84. The van der Waals surface area contributed by atoms with E-state index < -0.39 is 4.75 Å². The van der Waals surface area contributed by atoms with Gasteiger partial charge in [-0.15, -0.1) is 11.8 Å². The zero-order chi connectivity index (χ0) is 25.0. The van der Waals surface area contributed by atoms with Crippen LogP contribution in [0.25, 0.3) is 0 Å². The first-order valence-corrected chi connectivity index (χ1v) is 13.5. The normalized spacial score (nSPS) is 22.6. The lowest BCUT2D eigenvalue weighted by Gasteiger charge is -2.52. The fourth-order valence-corrected chi connectivity index (χ4v) is 6.96. The predicted octanol–water partition coefficient (Wildman–Crippen LogP) is 1.47. The summed E-state index contributed by atoms with van der Waals surface area (Å²) in [6, 6.07) is 21.5. The summed E-state index contributed by atoms with van der Waals surface area (Å²) in [4.78, 5) is 27.0. The summed E-state index contributed by atoms with van der Waals surface area (Å²) < 4.78 is 10.9. The summed E-state index contributed by atoms with van der Waals surface area (Å²) in [6.45, 7) is 4.88. The van der Waals surface area contributed by atoms with Crippen molar-refractivity contribution in [1.82, 2.24) is 5.16 Å². The van der Waals surface area contributed by atoms with Crippen molar-refractivity contribution in [3.8, 4) is 0 Å². The van der Waals surface area contributed by atoms with Crippen molar-refractivity contribution in [3.05, 3.63) is 84.1 Å². The van der Waals surface area contributed by atoms with E-state index >= 15 is 0 Å². The van der Waals surface area contributed by atoms with Gasteiger partial charge in [0.05, 0.1) is 13.1 Å². The van der Waals surface area contributed by atoms with Gasteiger partial charge in [-0.3, -0.25) is 4.79 Å². The van der Waals surface area contributed by atoms with Crippen LogP contribution in [0.3, 0.4) is 0 Å². The second-order valence-corrected chi connectivity index (χ2v) is 11.2. The molecule has 0 aliphatic carbocycles. The molecule has 3 aromatic rings. The molecule has 3 aliphatic rings. The molecule has 3 fully saturated rings. The topological polar surface area (TPSA) is 81.4 Å². The van der Waals surface area contributed by atoms with Crippen LogP contribution in [0, 0.1) is 5.92 Å². The van der Waals surface area contributed by atoms with E-state index in [1.165, 1.54) is 6.26 Å². The molecule has 2 aromatic carbocycles. The van der Waals surface area contributed by atoms with Crippen LogP contribution in [-0.2, 0) is 19.1 Å². The van der Waals surface area contributed by atoms with Gasteiger partial charge in [0.1, 0.15) is 12.8 Å². The molecule has 9 heteroatoms. The largest absolute Gasteiger partial charge is 1.00 e. The van der Waals surface area contributed by atoms with Crippen molar-refractivity contribution in [2.75, 3.05) is 37.2 Å². The lowest BCUT2D eigenvalue weighted by Crippen LogP contribution is -3.00. The van der Waals surface area contributed by atoms with E-state index in [0.717, 1.165) is 42.8 Å². The molecule has 4 heterocycles. The van der Waals surface area contributed by atoms with Crippen molar-refractivity contribution in [3.63, 3.8) is 0 Å². The van der Waals surface area contributed by atoms with Crippen LogP contribution in [0.1, 0.15) is 30.9 Å². The summed E-state index contributed by atoms with van der Waals surface area (Å²) in [5, 5.41) is 6.59.